The van der Waals surface area contributed by atoms with E-state index in [4.69, 9.17) is 16.0 Å². The maximum Gasteiger partial charge on any atom is 0.275 e. The van der Waals surface area contributed by atoms with Crippen LogP contribution in [-0.4, -0.2) is 12.5 Å². The van der Waals surface area contributed by atoms with Gasteiger partial charge in [-0.25, -0.2) is 0 Å². The topological polar surface area (TPSA) is 58.9 Å². The zero-order chi connectivity index (χ0) is 14.4. The number of halogens is 1. The summed E-state index contributed by atoms with van der Waals surface area (Å²) in [6.07, 6.45) is 1.59. The molecular formula is C15H18ClN2O2+. The molecule has 0 aliphatic carbocycles. The lowest BCUT2D eigenvalue weighted by Crippen LogP contribution is -2.87. The Kier molecular flexibility index (Phi) is 5.21. The lowest BCUT2D eigenvalue weighted by atomic mass is 10.1. The molecule has 1 aromatic heterocycles. The van der Waals surface area contributed by atoms with Crippen molar-refractivity contribution in [3.05, 3.63) is 59.0 Å². The number of nitrogens with two attached hydrogens (primary N) is 1. The van der Waals surface area contributed by atoms with Gasteiger partial charge in [0.15, 0.2) is 6.54 Å². The van der Waals surface area contributed by atoms with Gasteiger partial charge >= 0.3 is 0 Å². The van der Waals surface area contributed by atoms with E-state index in [-0.39, 0.29) is 11.9 Å². The second-order valence-electron chi connectivity index (χ2n) is 4.64. The fourth-order valence-corrected chi connectivity index (χ4v) is 1.98. The van der Waals surface area contributed by atoms with Crippen LogP contribution in [0.15, 0.2) is 47.1 Å². The van der Waals surface area contributed by atoms with Gasteiger partial charge in [0.1, 0.15) is 11.8 Å². The van der Waals surface area contributed by atoms with Gasteiger partial charge in [0.25, 0.3) is 5.91 Å². The molecule has 20 heavy (non-hydrogen) atoms. The van der Waals surface area contributed by atoms with Crippen molar-refractivity contribution in [3.63, 3.8) is 0 Å². The van der Waals surface area contributed by atoms with Crippen molar-refractivity contribution in [2.75, 3.05) is 6.54 Å². The number of hydrogen-bond donors (Lipinski definition) is 2. The van der Waals surface area contributed by atoms with Crippen LogP contribution < -0.4 is 10.6 Å². The summed E-state index contributed by atoms with van der Waals surface area (Å²) in [5, 5.41) is 5.52. The second-order valence-corrected chi connectivity index (χ2v) is 5.07. The molecular weight excluding hydrogens is 276 g/mol. The van der Waals surface area contributed by atoms with E-state index in [2.05, 4.69) is 12.2 Å². The van der Waals surface area contributed by atoms with Gasteiger partial charge in [-0.1, -0.05) is 23.7 Å². The zero-order valence-electron chi connectivity index (χ0n) is 11.3. The number of carbonyl (C=O) groups excluding carboxylic acids is 1. The van der Waals surface area contributed by atoms with Crippen molar-refractivity contribution >= 4 is 17.5 Å². The third-order valence-corrected chi connectivity index (χ3v) is 3.34. The molecule has 1 aromatic carbocycles. The molecule has 1 amide bonds. The summed E-state index contributed by atoms with van der Waals surface area (Å²) in [4.78, 5) is 11.7. The molecule has 106 valence electrons. The van der Waals surface area contributed by atoms with Crippen LogP contribution in [-0.2, 0) is 11.3 Å². The summed E-state index contributed by atoms with van der Waals surface area (Å²) >= 11 is 5.85. The molecule has 4 nitrogen and oxygen atoms in total. The Bertz CT molecular complexity index is 538. The Labute approximate surface area is 123 Å². The minimum absolute atomic E-state index is 0.0118. The highest BCUT2D eigenvalue weighted by Gasteiger charge is 2.11. The van der Waals surface area contributed by atoms with Crippen LogP contribution >= 0.6 is 11.6 Å². The second kappa shape index (κ2) is 7.12. The summed E-state index contributed by atoms with van der Waals surface area (Å²) in [5.41, 5.74) is 1.15. The molecule has 0 bridgehead atoms. The molecule has 2 rings (SSSR count). The van der Waals surface area contributed by atoms with Crippen LogP contribution in [0.25, 0.3) is 0 Å². The quantitative estimate of drug-likeness (QED) is 0.854. The lowest BCUT2D eigenvalue weighted by Gasteiger charge is -2.11. The van der Waals surface area contributed by atoms with E-state index in [0.29, 0.717) is 13.1 Å². The predicted octanol–water partition coefficient (Wildman–Crippen LogP) is 1.87. The number of quaternary nitrogens is 1. The molecule has 1 heterocycles. The first-order valence-electron chi connectivity index (χ1n) is 6.53. The average Bonchev–Trinajstić information content (AvgIpc) is 2.96. The third kappa shape index (κ3) is 4.40. The molecule has 0 spiro atoms. The van der Waals surface area contributed by atoms with Crippen molar-refractivity contribution in [1.29, 1.82) is 0 Å². The van der Waals surface area contributed by atoms with Crippen molar-refractivity contribution < 1.29 is 14.5 Å². The number of nitrogens with one attached hydrogen (secondary N) is 1. The highest BCUT2D eigenvalue weighted by molar-refractivity contribution is 6.30. The minimum Gasteiger partial charge on any atom is -0.467 e. The molecule has 3 N–H and O–H groups in total. The van der Waals surface area contributed by atoms with Gasteiger partial charge in [0.2, 0.25) is 0 Å². The average molecular weight is 294 g/mol. The molecule has 0 radical (unpaired) electrons. The molecule has 0 unspecified atom stereocenters. The largest absolute Gasteiger partial charge is 0.467 e. The normalized spacial score (nSPS) is 12.1. The zero-order valence-corrected chi connectivity index (χ0v) is 12.1. The Balaban J connectivity index is 1.73. The Morgan fingerprint density at radius 2 is 2.10 bits per heavy atom. The fraction of sp³-hybridized carbons (Fsp3) is 0.267. The van der Waals surface area contributed by atoms with Crippen molar-refractivity contribution in [2.24, 2.45) is 0 Å². The summed E-state index contributed by atoms with van der Waals surface area (Å²) < 4.78 is 5.15. The minimum atomic E-state index is -0.0118. The van der Waals surface area contributed by atoms with E-state index in [0.717, 1.165) is 16.3 Å². The highest BCUT2D eigenvalue weighted by Crippen LogP contribution is 2.13. The van der Waals surface area contributed by atoms with Crippen molar-refractivity contribution in [3.8, 4) is 0 Å². The Hall–Kier alpha value is -1.78. The molecule has 5 heteroatoms. The summed E-state index contributed by atoms with van der Waals surface area (Å²) in [6, 6.07) is 11.5. The maximum atomic E-state index is 11.7. The first-order chi connectivity index (χ1) is 9.65. The van der Waals surface area contributed by atoms with Gasteiger partial charge in [0.05, 0.1) is 12.8 Å². The van der Waals surface area contributed by atoms with Crippen molar-refractivity contribution in [1.82, 2.24) is 5.32 Å². The molecule has 0 saturated carbocycles. The third-order valence-electron chi connectivity index (χ3n) is 3.09. The van der Waals surface area contributed by atoms with Gasteiger partial charge in [0, 0.05) is 10.6 Å². The maximum absolute atomic E-state index is 11.7. The first kappa shape index (κ1) is 14.6. The molecule has 0 aliphatic rings. The standard InChI is InChI=1S/C15H17ClN2O2/c1-11(12-4-6-13(16)7-5-12)17-10-15(19)18-9-14-3-2-8-20-14/h2-8,11,17H,9-10H2,1H3,(H,18,19)/p+1/t11-/m1/s1. The Morgan fingerprint density at radius 3 is 2.75 bits per heavy atom. The van der Waals surface area contributed by atoms with Gasteiger partial charge in [-0.05, 0) is 31.2 Å². The van der Waals surface area contributed by atoms with E-state index < -0.39 is 0 Å². The highest BCUT2D eigenvalue weighted by atomic mass is 35.5. The molecule has 0 fully saturated rings. The van der Waals surface area contributed by atoms with E-state index in [1.165, 1.54) is 0 Å². The van der Waals surface area contributed by atoms with E-state index >= 15 is 0 Å². The summed E-state index contributed by atoms with van der Waals surface area (Å²) in [7, 11) is 0. The van der Waals surface area contributed by atoms with Crippen LogP contribution in [0.5, 0.6) is 0 Å². The number of amides is 1. The van der Waals surface area contributed by atoms with Crippen LogP contribution in [0, 0.1) is 0 Å². The molecule has 0 saturated heterocycles. The van der Waals surface area contributed by atoms with Gasteiger partial charge < -0.3 is 15.1 Å². The van der Waals surface area contributed by atoms with Gasteiger partial charge in [-0.2, -0.15) is 0 Å². The monoisotopic (exact) mass is 293 g/mol. The summed E-state index contributed by atoms with van der Waals surface area (Å²) in [6.45, 7) is 2.86. The summed E-state index contributed by atoms with van der Waals surface area (Å²) in [5.74, 6) is 0.742. The number of carbonyl (C=O) groups is 1. The number of furan rings is 1. The van der Waals surface area contributed by atoms with Gasteiger partial charge in [-0.3, -0.25) is 4.79 Å². The van der Waals surface area contributed by atoms with E-state index in [1.807, 2.05) is 35.6 Å². The molecule has 0 aliphatic heterocycles. The number of hydrogen-bond acceptors (Lipinski definition) is 2. The van der Waals surface area contributed by atoms with Crippen LogP contribution in [0.2, 0.25) is 5.02 Å². The fourth-order valence-electron chi connectivity index (χ4n) is 1.86. The molecule has 1 atom stereocenters. The number of benzene rings is 1. The number of rotatable bonds is 6. The predicted molar refractivity (Wildman–Crippen MR) is 77.2 cm³/mol. The Morgan fingerprint density at radius 1 is 1.35 bits per heavy atom. The van der Waals surface area contributed by atoms with Crippen molar-refractivity contribution in [2.45, 2.75) is 19.5 Å². The van der Waals surface area contributed by atoms with E-state index in [1.54, 1.807) is 12.3 Å². The van der Waals surface area contributed by atoms with Crippen LogP contribution in [0.3, 0.4) is 0 Å². The van der Waals surface area contributed by atoms with Crippen LogP contribution in [0.4, 0.5) is 0 Å². The van der Waals surface area contributed by atoms with Crippen LogP contribution in [0.1, 0.15) is 24.3 Å². The lowest BCUT2D eigenvalue weighted by molar-refractivity contribution is -0.682. The van der Waals surface area contributed by atoms with Gasteiger partial charge in [-0.15, -0.1) is 0 Å². The molecule has 2 aromatic rings. The smallest absolute Gasteiger partial charge is 0.275 e. The van der Waals surface area contributed by atoms with E-state index in [9.17, 15) is 4.79 Å². The SMILES string of the molecule is C[C@@H]([NH2+]CC(=O)NCc1ccco1)c1ccc(Cl)cc1. The first-order valence-corrected chi connectivity index (χ1v) is 6.91.